The molecule has 0 aromatic heterocycles. The van der Waals surface area contributed by atoms with Gasteiger partial charge in [0.1, 0.15) is 0 Å². The van der Waals surface area contributed by atoms with Crippen molar-refractivity contribution in [2.24, 2.45) is 23.2 Å². The Morgan fingerprint density at radius 1 is 1.22 bits per heavy atom. The predicted molar refractivity (Wildman–Crippen MR) is 65.1 cm³/mol. The zero-order chi connectivity index (χ0) is 12.7. The molecule has 5 aliphatic rings. The van der Waals surface area contributed by atoms with E-state index >= 15 is 0 Å². The number of carbonyl (C=O) groups is 1. The highest BCUT2D eigenvalue weighted by molar-refractivity contribution is 5.87. The van der Waals surface area contributed by atoms with Crippen LogP contribution in [0.4, 0.5) is 0 Å². The van der Waals surface area contributed by atoms with Crippen LogP contribution in [0.1, 0.15) is 35.7 Å². The van der Waals surface area contributed by atoms with Crippen molar-refractivity contribution in [1.29, 1.82) is 0 Å². The van der Waals surface area contributed by atoms with E-state index in [0.29, 0.717) is 17.8 Å². The molecule has 0 unspecified atom stereocenters. The highest BCUT2D eigenvalue weighted by atomic mass is 16.4. The van der Waals surface area contributed by atoms with E-state index < -0.39 is 11.6 Å². The molecule has 0 aliphatic heterocycles. The van der Waals surface area contributed by atoms with E-state index in [1.165, 1.54) is 6.42 Å². The molecule has 5 aliphatic carbocycles. The molecule has 1 aromatic carbocycles. The van der Waals surface area contributed by atoms with Crippen LogP contribution in [0.25, 0.3) is 0 Å². The lowest BCUT2D eigenvalue weighted by Crippen LogP contribution is -2.67. The summed E-state index contributed by atoms with van der Waals surface area (Å²) < 4.78 is 0. The molecule has 0 radical (unpaired) electrons. The molecule has 18 heavy (non-hydrogen) atoms. The van der Waals surface area contributed by atoms with Gasteiger partial charge in [0.25, 0.3) is 0 Å². The molecule has 3 heteroatoms. The Morgan fingerprint density at radius 3 is 2.28 bits per heavy atom. The van der Waals surface area contributed by atoms with Crippen molar-refractivity contribution in [3.8, 4) is 0 Å². The summed E-state index contributed by atoms with van der Waals surface area (Å²) >= 11 is 0. The number of benzene rings is 1. The van der Waals surface area contributed by atoms with Gasteiger partial charge in [-0.2, -0.15) is 0 Å². The maximum absolute atomic E-state index is 11.0. The van der Waals surface area contributed by atoms with Gasteiger partial charge in [-0.25, -0.2) is 4.79 Å². The molecule has 5 saturated carbocycles. The van der Waals surface area contributed by atoms with Gasteiger partial charge < -0.3 is 10.2 Å². The summed E-state index contributed by atoms with van der Waals surface area (Å²) in [5.41, 5.74) is 0.516. The third-order valence-corrected chi connectivity index (χ3v) is 6.11. The number of hydrogen-bond acceptors (Lipinski definition) is 2. The summed E-state index contributed by atoms with van der Waals surface area (Å²) in [4.78, 5) is 10.8. The van der Waals surface area contributed by atoms with E-state index in [-0.39, 0.29) is 11.0 Å². The number of rotatable bonds is 2. The van der Waals surface area contributed by atoms with Gasteiger partial charge in [-0.3, -0.25) is 0 Å². The van der Waals surface area contributed by atoms with Crippen molar-refractivity contribution >= 4 is 5.97 Å². The average molecular weight is 244 g/mol. The van der Waals surface area contributed by atoms with Crippen LogP contribution >= 0.6 is 0 Å². The van der Waals surface area contributed by atoms with Crippen molar-refractivity contribution < 1.29 is 15.0 Å². The summed E-state index contributed by atoms with van der Waals surface area (Å²) in [6.07, 6.45) is 2.41. The van der Waals surface area contributed by atoms with Gasteiger partial charge in [0, 0.05) is 5.41 Å². The first-order chi connectivity index (χ1) is 8.49. The molecule has 0 heterocycles. The van der Waals surface area contributed by atoms with E-state index in [1.54, 1.807) is 24.3 Å². The van der Waals surface area contributed by atoms with Crippen molar-refractivity contribution in [2.75, 3.05) is 0 Å². The maximum Gasteiger partial charge on any atom is 0.335 e. The Hall–Kier alpha value is -1.35. The van der Waals surface area contributed by atoms with Gasteiger partial charge in [0.05, 0.1) is 11.2 Å². The number of carboxylic acids is 1. The fourth-order valence-electron chi connectivity index (χ4n) is 5.08. The Kier molecular flexibility index (Phi) is 1.64. The lowest BCUT2D eigenvalue weighted by Gasteiger charge is -2.67. The first kappa shape index (κ1) is 10.6. The maximum atomic E-state index is 11.0. The minimum absolute atomic E-state index is 0.0441. The molecule has 1 aromatic rings. The molecule has 0 spiro atoms. The van der Waals surface area contributed by atoms with Crippen molar-refractivity contribution in [1.82, 2.24) is 0 Å². The van der Waals surface area contributed by atoms with Gasteiger partial charge in [0.2, 0.25) is 0 Å². The minimum Gasteiger partial charge on any atom is -0.478 e. The van der Waals surface area contributed by atoms with Crippen LogP contribution in [0.5, 0.6) is 0 Å². The van der Waals surface area contributed by atoms with Crippen LogP contribution in [-0.2, 0) is 5.60 Å². The second-order valence-corrected chi connectivity index (χ2v) is 6.31. The molecule has 2 N–H and O–H groups in total. The van der Waals surface area contributed by atoms with E-state index in [4.69, 9.17) is 5.11 Å². The minimum atomic E-state index is -0.917. The molecule has 94 valence electrons. The Balaban J connectivity index is 1.74. The average Bonchev–Trinajstić information content (AvgIpc) is 2.99. The van der Waals surface area contributed by atoms with Crippen LogP contribution in [0.2, 0.25) is 0 Å². The molecule has 0 amide bonds. The van der Waals surface area contributed by atoms with Crippen LogP contribution in [-0.4, -0.2) is 16.2 Å². The van der Waals surface area contributed by atoms with E-state index in [0.717, 1.165) is 12.0 Å². The van der Waals surface area contributed by atoms with Gasteiger partial charge >= 0.3 is 5.97 Å². The van der Waals surface area contributed by atoms with E-state index in [1.807, 2.05) is 0 Å². The van der Waals surface area contributed by atoms with Gasteiger partial charge in [-0.05, 0) is 48.3 Å². The van der Waals surface area contributed by atoms with E-state index in [9.17, 15) is 9.90 Å². The van der Waals surface area contributed by atoms with Crippen molar-refractivity contribution in [3.05, 3.63) is 35.4 Å². The zero-order valence-electron chi connectivity index (χ0n) is 10.3. The smallest absolute Gasteiger partial charge is 0.335 e. The van der Waals surface area contributed by atoms with Gasteiger partial charge in [-0.15, -0.1) is 0 Å². The van der Waals surface area contributed by atoms with Crippen LogP contribution < -0.4 is 0 Å². The number of aromatic carboxylic acids is 1. The predicted octanol–water partition coefficient (Wildman–Crippen LogP) is 2.25. The summed E-state index contributed by atoms with van der Waals surface area (Å²) in [5, 5.41) is 19.9. The first-order valence-corrected chi connectivity index (χ1v) is 6.56. The summed E-state index contributed by atoms with van der Waals surface area (Å²) in [6.45, 7) is 2.19. The van der Waals surface area contributed by atoms with Crippen LogP contribution in [0.3, 0.4) is 0 Å². The Labute approximate surface area is 105 Å². The quantitative estimate of drug-likeness (QED) is 0.839. The molecule has 5 fully saturated rings. The molecule has 5 atom stereocenters. The standard InChI is InChI=1S/C15H16O3/c1-14-10-6-11(14)12(7-10)15(14,18)9-4-2-8(3-5-9)13(16)17/h2-5,10-12,18H,6-7H2,1H3,(H,16,17)/t10-,11+,12-,14+,15+/m1/s1. The van der Waals surface area contributed by atoms with Gasteiger partial charge in [0.15, 0.2) is 0 Å². The third-order valence-electron chi connectivity index (χ3n) is 6.11. The largest absolute Gasteiger partial charge is 0.478 e. The first-order valence-electron chi connectivity index (χ1n) is 6.56. The Bertz CT molecular complexity index is 543. The SMILES string of the molecule is C[C@]12[C@H]3C[C@H]([C@@H]1C3)[C@@]2(O)c1ccc(C(=O)O)cc1. The molecular weight excluding hydrogens is 228 g/mol. The van der Waals surface area contributed by atoms with Crippen molar-refractivity contribution in [3.63, 3.8) is 0 Å². The lowest BCUT2D eigenvalue weighted by molar-refractivity contribution is -0.276. The fraction of sp³-hybridized carbons (Fsp3) is 0.533. The van der Waals surface area contributed by atoms with Crippen LogP contribution in [0.15, 0.2) is 24.3 Å². The summed E-state index contributed by atoms with van der Waals surface area (Å²) in [7, 11) is 0. The summed E-state index contributed by atoms with van der Waals surface area (Å²) in [5.74, 6) is 0.825. The molecule has 3 nitrogen and oxygen atoms in total. The lowest BCUT2D eigenvalue weighted by atomic mass is 9.39. The van der Waals surface area contributed by atoms with E-state index in [2.05, 4.69) is 6.92 Å². The van der Waals surface area contributed by atoms with Crippen molar-refractivity contribution in [2.45, 2.75) is 25.4 Å². The highest BCUT2D eigenvalue weighted by Gasteiger charge is 2.83. The second-order valence-electron chi connectivity index (χ2n) is 6.31. The molecule has 4 bridgehead atoms. The van der Waals surface area contributed by atoms with Crippen LogP contribution in [0, 0.1) is 23.2 Å². The fourth-order valence-corrected chi connectivity index (χ4v) is 5.08. The highest BCUT2D eigenvalue weighted by Crippen LogP contribution is 2.84. The normalized spacial score (nSPS) is 47.3. The molecule has 6 rings (SSSR count). The second kappa shape index (κ2) is 2.80. The summed E-state index contributed by atoms with van der Waals surface area (Å²) in [6, 6.07) is 6.78. The molecule has 0 saturated heterocycles. The monoisotopic (exact) mass is 244 g/mol. The Morgan fingerprint density at radius 2 is 1.83 bits per heavy atom. The third kappa shape index (κ3) is 0.821. The molecular formula is C15H16O3. The topological polar surface area (TPSA) is 57.5 Å². The number of aliphatic hydroxyl groups is 1. The number of carboxylic acid groups (broad SMARTS) is 1. The number of hydrogen-bond donors (Lipinski definition) is 2. The van der Waals surface area contributed by atoms with Gasteiger partial charge in [-0.1, -0.05) is 19.1 Å². The zero-order valence-corrected chi connectivity index (χ0v) is 10.3.